The highest BCUT2D eigenvalue weighted by molar-refractivity contribution is 6.01. The summed E-state index contributed by atoms with van der Waals surface area (Å²) in [5, 5.41) is 19.4. The summed E-state index contributed by atoms with van der Waals surface area (Å²) in [6, 6.07) is 3.07. The van der Waals surface area contributed by atoms with Crippen LogP contribution in [0.4, 0.5) is 15.8 Å². The molecule has 0 aliphatic rings. The maximum absolute atomic E-state index is 13.2. The third-order valence-corrected chi connectivity index (χ3v) is 2.62. The molecule has 0 fully saturated rings. The molecule has 110 valence electrons. The maximum Gasteiger partial charge on any atom is 0.306 e. The number of anilines is 1. The lowest BCUT2D eigenvalue weighted by Crippen LogP contribution is -2.14. The van der Waals surface area contributed by atoms with E-state index in [1.54, 1.807) is 0 Å². The molecule has 0 saturated carbocycles. The van der Waals surface area contributed by atoms with Gasteiger partial charge < -0.3 is 5.32 Å². The Morgan fingerprint density at radius 1 is 1.52 bits per heavy atom. The Labute approximate surface area is 118 Å². The second-order valence-corrected chi connectivity index (χ2v) is 4.23. The molecule has 1 heterocycles. The third kappa shape index (κ3) is 3.38. The molecule has 1 amide bonds. The van der Waals surface area contributed by atoms with E-state index >= 15 is 0 Å². The average Bonchev–Trinajstić information content (AvgIpc) is 2.90. The predicted octanol–water partition coefficient (Wildman–Crippen LogP) is 2.06. The van der Waals surface area contributed by atoms with Crippen LogP contribution in [0.5, 0.6) is 0 Å². The Kier molecular flexibility index (Phi) is 4.21. The molecule has 1 aromatic heterocycles. The summed E-state index contributed by atoms with van der Waals surface area (Å²) in [5.41, 5.74) is -0.621. The number of aryl methyl sites for hydroxylation is 1. The molecule has 0 aliphatic carbocycles. The van der Waals surface area contributed by atoms with Crippen molar-refractivity contribution in [3.05, 3.63) is 45.8 Å². The Morgan fingerprint density at radius 2 is 2.29 bits per heavy atom. The van der Waals surface area contributed by atoms with Gasteiger partial charge in [0, 0.05) is 18.2 Å². The normalized spacial score (nSPS) is 10.4. The number of rotatable bonds is 5. The number of amides is 1. The topological polar surface area (TPSA) is 114 Å². The monoisotopic (exact) mass is 293 g/mol. The Balaban J connectivity index is 2.15. The molecule has 0 saturated heterocycles. The Bertz CT molecular complexity index is 685. The first-order chi connectivity index (χ1) is 10.0. The number of H-pyrrole nitrogens is 1. The number of halogens is 1. The molecule has 21 heavy (non-hydrogen) atoms. The number of hydrogen-bond acceptors (Lipinski definition) is 5. The minimum absolute atomic E-state index is 0.0783. The van der Waals surface area contributed by atoms with Crippen molar-refractivity contribution in [2.24, 2.45) is 0 Å². The van der Waals surface area contributed by atoms with E-state index < -0.39 is 22.3 Å². The maximum atomic E-state index is 13.2. The van der Waals surface area contributed by atoms with Crippen LogP contribution in [0.3, 0.4) is 0 Å². The molecule has 0 spiro atoms. The van der Waals surface area contributed by atoms with Gasteiger partial charge in [-0.15, -0.1) is 5.10 Å². The highest BCUT2D eigenvalue weighted by atomic mass is 19.1. The van der Waals surface area contributed by atoms with Gasteiger partial charge in [0.15, 0.2) is 0 Å². The van der Waals surface area contributed by atoms with Gasteiger partial charge in [0.25, 0.3) is 5.91 Å². The third-order valence-electron chi connectivity index (χ3n) is 2.62. The van der Waals surface area contributed by atoms with Gasteiger partial charge in [-0.2, -0.15) is 4.39 Å². The summed E-state index contributed by atoms with van der Waals surface area (Å²) < 4.78 is 13.2. The molecule has 0 aliphatic heterocycles. The number of nitrogens with zero attached hydrogens (tertiary/aromatic N) is 3. The minimum Gasteiger partial charge on any atom is -0.319 e. The quantitative estimate of drug-likeness (QED) is 0.647. The van der Waals surface area contributed by atoms with Crippen molar-refractivity contribution < 1.29 is 14.1 Å². The summed E-state index contributed by atoms with van der Waals surface area (Å²) in [6.45, 7) is 1.96. The van der Waals surface area contributed by atoms with Crippen LogP contribution in [-0.4, -0.2) is 26.0 Å². The molecule has 1 aromatic carbocycles. The number of carbonyl (C=O) groups excluding carboxylic acids is 1. The van der Waals surface area contributed by atoms with Crippen molar-refractivity contribution >= 4 is 17.3 Å². The fraction of sp³-hybridized carbons (Fsp3) is 0.250. The van der Waals surface area contributed by atoms with Crippen molar-refractivity contribution in [2.75, 3.05) is 5.32 Å². The summed E-state index contributed by atoms with van der Waals surface area (Å²) in [5.74, 6) is -1.10. The molecule has 2 N–H and O–H groups in total. The predicted molar refractivity (Wildman–Crippen MR) is 71.4 cm³/mol. The Morgan fingerprint density at radius 3 is 2.95 bits per heavy atom. The lowest BCUT2D eigenvalue weighted by Gasteiger charge is -2.02. The summed E-state index contributed by atoms with van der Waals surface area (Å²) in [4.78, 5) is 25.6. The van der Waals surface area contributed by atoms with E-state index in [-0.39, 0.29) is 11.5 Å². The van der Waals surface area contributed by atoms with E-state index in [0.717, 1.165) is 18.6 Å². The number of aromatic amines is 1. The molecule has 0 atom stereocenters. The van der Waals surface area contributed by atoms with E-state index in [1.165, 1.54) is 6.07 Å². The number of nitro groups is 1. The fourth-order valence-electron chi connectivity index (χ4n) is 1.66. The van der Waals surface area contributed by atoms with Crippen LogP contribution < -0.4 is 5.32 Å². The van der Waals surface area contributed by atoms with Crippen molar-refractivity contribution in [1.82, 2.24) is 15.2 Å². The smallest absolute Gasteiger partial charge is 0.306 e. The number of hydrogen-bond donors (Lipinski definition) is 2. The molecule has 0 unspecified atom stereocenters. The van der Waals surface area contributed by atoms with Crippen LogP contribution in [-0.2, 0) is 6.42 Å². The lowest BCUT2D eigenvalue weighted by atomic mass is 10.2. The highest BCUT2D eigenvalue weighted by Gasteiger charge is 2.17. The van der Waals surface area contributed by atoms with Crippen LogP contribution in [0.2, 0.25) is 0 Å². The zero-order valence-corrected chi connectivity index (χ0v) is 11.1. The van der Waals surface area contributed by atoms with Crippen molar-refractivity contribution in [3.63, 3.8) is 0 Å². The lowest BCUT2D eigenvalue weighted by molar-refractivity contribution is -0.387. The molecule has 9 heteroatoms. The largest absolute Gasteiger partial charge is 0.319 e. The standard InChI is InChI=1S/C12H12FN5O3/c1-2-3-10-15-11(17-16-10)12(19)14-7-4-5-8(13)9(6-7)18(20)21/h4-6H,2-3H2,1H3,(H,14,19)(H,15,16,17). The van der Waals surface area contributed by atoms with Gasteiger partial charge >= 0.3 is 5.69 Å². The molecular formula is C12H12FN5O3. The summed E-state index contributed by atoms with van der Waals surface area (Å²) in [7, 11) is 0. The van der Waals surface area contributed by atoms with E-state index in [9.17, 15) is 19.3 Å². The van der Waals surface area contributed by atoms with Gasteiger partial charge in [0.1, 0.15) is 5.82 Å². The first-order valence-electron chi connectivity index (χ1n) is 6.17. The van der Waals surface area contributed by atoms with Crippen LogP contribution in [0, 0.1) is 15.9 Å². The number of carbonyl (C=O) groups is 1. The molecular weight excluding hydrogens is 281 g/mol. The van der Waals surface area contributed by atoms with E-state index in [0.29, 0.717) is 12.2 Å². The van der Waals surface area contributed by atoms with Crippen LogP contribution in [0.1, 0.15) is 29.8 Å². The first-order valence-corrected chi connectivity index (χ1v) is 6.17. The van der Waals surface area contributed by atoms with Gasteiger partial charge in [-0.3, -0.25) is 20.0 Å². The summed E-state index contributed by atoms with van der Waals surface area (Å²) >= 11 is 0. The molecule has 8 nitrogen and oxygen atoms in total. The first kappa shape index (κ1) is 14.6. The van der Waals surface area contributed by atoms with Crippen molar-refractivity contribution in [2.45, 2.75) is 19.8 Å². The number of aromatic nitrogens is 3. The number of nitro benzene ring substituents is 1. The summed E-state index contributed by atoms with van der Waals surface area (Å²) in [6.07, 6.45) is 1.50. The second kappa shape index (κ2) is 6.07. The van der Waals surface area contributed by atoms with Gasteiger partial charge in [0.05, 0.1) is 4.92 Å². The Hall–Kier alpha value is -2.84. The van der Waals surface area contributed by atoms with Crippen molar-refractivity contribution in [3.8, 4) is 0 Å². The zero-order valence-electron chi connectivity index (χ0n) is 11.1. The molecule has 0 radical (unpaired) electrons. The second-order valence-electron chi connectivity index (χ2n) is 4.23. The average molecular weight is 293 g/mol. The van der Waals surface area contributed by atoms with Gasteiger partial charge in [-0.1, -0.05) is 6.92 Å². The van der Waals surface area contributed by atoms with Gasteiger partial charge in [-0.25, -0.2) is 4.98 Å². The molecule has 2 rings (SSSR count). The van der Waals surface area contributed by atoms with Gasteiger partial charge in [-0.05, 0) is 18.6 Å². The fourth-order valence-corrected chi connectivity index (χ4v) is 1.66. The molecule has 0 bridgehead atoms. The van der Waals surface area contributed by atoms with Crippen LogP contribution in [0.15, 0.2) is 18.2 Å². The van der Waals surface area contributed by atoms with Crippen LogP contribution in [0.25, 0.3) is 0 Å². The van der Waals surface area contributed by atoms with E-state index in [2.05, 4.69) is 20.5 Å². The van der Waals surface area contributed by atoms with E-state index in [4.69, 9.17) is 0 Å². The van der Waals surface area contributed by atoms with E-state index in [1.807, 2.05) is 6.92 Å². The molecule has 2 aromatic rings. The number of benzene rings is 1. The van der Waals surface area contributed by atoms with Crippen molar-refractivity contribution in [1.29, 1.82) is 0 Å². The van der Waals surface area contributed by atoms with Crippen LogP contribution >= 0.6 is 0 Å². The zero-order chi connectivity index (χ0) is 15.4. The van der Waals surface area contributed by atoms with Gasteiger partial charge in [0.2, 0.25) is 11.6 Å². The highest BCUT2D eigenvalue weighted by Crippen LogP contribution is 2.21. The SMILES string of the molecule is CCCc1nc(C(=O)Nc2ccc(F)c([N+](=O)[O-])c2)n[nH]1. The number of nitrogens with one attached hydrogen (secondary N) is 2. The minimum atomic E-state index is -0.971.